The first-order valence-electron chi connectivity index (χ1n) is 7.04. The number of carbonyl (C=O) groups excluding carboxylic acids is 1. The Labute approximate surface area is 124 Å². The topological polar surface area (TPSA) is 33.5 Å². The van der Waals surface area contributed by atoms with Gasteiger partial charge in [0.25, 0.3) is 5.91 Å². The third-order valence-electron chi connectivity index (χ3n) is 3.68. The molecule has 0 unspecified atom stereocenters. The summed E-state index contributed by atoms with van der Waals surface area (Å²) < 4.78 is 1.98. The average Bonchev–Trinajstić information content (AvgIpc) is 2.92. The Bertz CT molecular complexity index is 785. The first-order valence-corrected chi connectivity index (χ1v) is 7.04. The van der Waals surface area contributed by atoms with Crippen LogP contribution in [0.25, 0.3) is 5.52 Å². The minimum atomic E-state index is -0.0429. The molecule has 0 aliphatic carbocycles. The Hall–Kier alpha value is -2.55. The number of pyridine rings is 1. The zero-order chi connectivity index (χ0) is 14.8. The molecule has 2 heterocycles. The van der Waals surface area contributed by atoms with E-state index in [1.165, 1.54) is 5.56 Å². The van der Waals surface area contributed by atoms with Gasteiger partial charge >= 0.3 is 0 Å². The number of rotatable bonds is 3. The molecule has 3 rings (SSSR count). The summed E-state index contributed by atoms with van der Waals surface area (Å²) in [4.78, 5) is 12.2. The van der Waals surface area contributed by atoms with E-state index in [4.69, 9.17) is 0 Å². The van der Waals surface area contributed by atoms with Crippen molar-refractivity contribution in [3.05, 3.63) is 77.1 Å². The lowest BCUT2D eigenvalue weighted by Crippen LogP contribution is -2.22. The number of nitrogens with one attached hydrogen (secondary N) is 1. The number of aryl methyl sites for hydroxylation is 2. The van der Waals surface area contributed by atoms with Crippen LogP contribution in [0.1, 0.15) is 27.0 Å². The van der Waals surface area contributed by atoms with Crippen molar-refractivity contribution in [3.63, 3.8) is 0 Å². The SMILES string of the molecule is Cc1ccc(CNC(=O)c2cc3c(C)cccn3c2)cc1. The first-order chi connectivity index (χ1) is 10.1. The smallest absolute Gasteiger partial charge is 0.253 e. The molecule has 0 saturated heterocycles. The molecule has 0 saturated carbocycles. The Balaban J connectivity index is 1.75. The van der Waals surface area contributed by atoms with E-state index in [-0.39, 0.29) is 5.91 Å². The minimum absolute atomic E-state index is 0.0429. The summed E-state index contributed by atoms with van der Waals surface area (Å²) in [6.07, 6.45) is 3.83. The number of benzene rings is 1. The van der Waals surface area contributed by atoms with Gasteiger partial charge in [-0.1, -0.05) is 35.9 Å². The highest BCUT2D eigenvalue weighted by atomic mass is 16.1. The molecule has 0 fully saturated rings. The van der Waals surface area contributed by atoms with Crippen LogP contribution in [0.5, 0.6) is 0 Å². The number of hydrogen-bond acceptors (Lipinski definition) is 1. The van der Waals surface area contributed by atoms with Crippen molar-refractivity contribution in [1.29, 1.82) is 0 Å². The van der Waals surface area contributed by atoms with Gasteiger partial charge in [-0.2, -0.15) is 0 Å². The Morgan fingerprint density at radius 2 is 1.90 bits per heavy atom. The fourth-order valence-electron chi connectivity index (χ4n) is 2.40. The predicted molar refractivity (Wildman–Crippen MR) is 84.5 cm³/mol. The number of amides is 1. The molecule has 0 radical (unpaired) electrons. The van der Waals surface area contributed by atoms with Crippen molar-refractivity contribution in [2.24, 2.45) is 0 Å². The van der Waals surface area contributed by atoms with Crippen LogP contribution in [-0.2, 0) is 6.54 Å². The van der Waals surface area contributed by atoms with Gasteiger partial charge in [-0.05, 0) is 37.1 Å². The summed E-state index contributed by atoms with van der Waals surface area (Å²) in [6.45, 7) is 4.64. The fraction of sp³-hybridized carbons (Fsp3) is 0.167. The summed E-state index contributed by atoms with van der Waals surface area (Å²) in [6, 6.07) is 14.1. The van der Waals surface area contributed by atoms with Crippen molar-refractivity contribution in [1.82, 2.24) is 9.72 Å². The molecule has 21 heavy (non-hydrogen) atoms. The zero-order valence-corrected chi connectivity index (χ0v) is 12.3. The first kappa shape index (κ1) is 13.4. The molecule has 3 nitrogen and oxygen atoms in total. The average molecular weight is 278 g/mol. The second-order valence-electron chi connectivity index (χ2n) is 5.38. The highest BCUT2D eigenvalue weighted by molar-refractivity contribution is 5.95. The molecule has 0 aliphatic rings. The molecule has 0 atom stereocenters. The Morgan fingerprint density at radius 3 is 2.62 bits per heavy atom. The maximum absolute atomic E-state index is 12.2. The number of fused-ring (bicyclic) bond motifs is 1. The number of nitrogens with zero attached hydrogens (tertiary/aromatic N) is 1. The van der Waals surface area contributed by atoms with Crippen LogP contribution in [0, 0.1) is 13.8 Å². The van der Waals surface area contributed by atoms with Crippen molar-refractivity contribution < 1.29 is 4.79 Å². The van der Waals surface area contributed by atoms with E-state index in [0.717, 1.165) is 16.6 Å². The number of hydrogen-bond donors (Lipinski definition) is 1. The highest BCUT2D eigenvalue weighted by Gasteiger charge is 2.09. The van der Waals surface area contributed by atoms with Crippen LogP contribution < -0.4 is 5.32 Å². The van der Waals surface area contributed by atoms with Gasteiger partial charge in [-0.15, -0.1) is 0 Å². The molecular formula is C18H18N2O. The van der Waals surface area contributed by atoms with E-state index in [9.17, 15) is 4.79 Å². The quantitative estimate of drug-likeness (QED) is 0.781. The van der Waals surface area contributed by atoms with Gasteiger partial charge in [-0.3, -0.25) is 4.79 Å². The standard InChI is InChI=1S/C18H18N2O/c1-13-5-7-15(8-6-13)11-19-18(21)16-10-17-14(2)4-3-9-20(17)12-16/h3-10,12H,11H2,1-2H3,(H,19,21). The summed E-state index contributed by atoms with van der Waals surface area (Å²) in [5.74, 6) is -0.0429. The van der Waals surface area contributed by atoms with E-state index in [2.05, 4.69) is 24.4 Å². The Kier molecular flexibility index (Phi) is 3.48. The largest absolute Gasteiger partial charge is 0.348 e. The van der Waals surface area contributed by atoms with Crippen molar-refractivity contribution in [3.8, 4) is 0 Å². The lowest BCUT2D eigenvalue weighted by molar-refractivity contribution is 0.0951. The normalized spacial score (nSPS) is 10.8. The second-order valence-corrected chi connectivity index (χ2v) is 5.38. The van der Waals surface area contributed by atoms with E-state index in [1.54, 1.807) is 0 Å². The Morgan fingerprint density at radius 1 is 1.14 bits per heavy atom. The summed E-state index contributed by atoms with van der Waals surface area (Å²) >= 11 is 0. The minimum Gasteiger partial charge on any atom is -0.348 e. The van der Waals surface area contributed by atoms with Crippen molar-refractivity contribution >= 4 is 11.4 Å². The van der Waals surface area contributed by atoms with Crippen LogP contribution in [-0.4, -0.2) is 10.3 Å². The van der Waals surface area contributed by atoms with Gasteiger partial charge in [0.05, 0.1) is 5.56 Å². The molecule has 1 amide bonds. The summed E-state index contributed by atoms with van der Waals surface area (Å²) in [5, 5.41) is 2.96. The van der Waals surface area contributed by atoms with E-state index in [0.29, 0.717) is 12.1 Å². The van der Waals surface area contributed by atoms with Crippen LogP contribution in [0.3, 0.4) is 0 Å². The molecular weight excluding hydrogens is 260 g/mol. The lowest BCUT2D eigenvalue weighted by atomic mass is 10.1. The van der Waals surface area contributed by atoms with Gasteiger partial charge in [0.2, 0.25) is 0 Å². The lowest BCUT2D eigenvalue weighted by Gasteiger charge is -2.04. The van der Waals surface area contributed by atoms with E-state index in [1.807, 2.05) is 54.0 Å². The van der Waals surface area contributed by atoms with Crippen LogP contribution in [0.2, 0.25) is 0 Å². The van der Waals surface area contributed by atoms with Crippen molar-refractivity contribution in [2.45, 2.75) is 20.4 Å². The molecule has 0 bridgehead atoms. The van der Waals surface area contributed by atoms with Crippen LogP contribution >= 0.6 is 0 Å². The maximum atomic E-state index is 12.2. The summed E-state index contributed by atoms with van der Waals surface area (Å²) in [7, 11) is 0. The molecule has 3 aromatic rings. The van der Waals surface area contributed by atoms with Gasteiger partial charge in [0, 0.05) is 24.5 Å². The van der Waals surface area contributed by atoms with Gasteiger partial charge in [-0.25, -0.2) is 0 Å². The van der Waals surface area contributed by atoms with E-state index >= 15 is 0 Å². The summed E-state index contributed by atoms with van der Waals surface area (Å²) in [5.41, 5.74) is 5.25. The monoisotopic (exact) mass is 278 g/mol. The number of carbonyl (C=O) groups is 1. The van der Waals surface area contributed by atoms with Gasteiger partial charge in [0.1, 0.15) is 0 Å². The maximum Gasteiger partial charge on any atom is 0.253 e. The number of aromatic nitrogens is 1. The molecule has 0 aliphatic heterocycles. The third-order valence-corrected chi connectivity index (χ3v) is 3.68. The molecule has 0 spiro atoms. The van der Waals surface area contributed by atoms with Crippen LogP contribution in [0.15, 0.2) is 54.9 Å². The second kappa shape index (κ2) is 5.44. The fourth-order valence-corrected chi connectivity index (χ4v) is 2.40. The molecule has 106 valence electrons. The molecule has 2 aromatic heterocycles. The van der Waals surface area contributed by atoms with Crippen LogP contribution in [0.4, 0.5) is 0 Å². The van der Waals surface area contributed by atoms with Gasteiger partial charge < -0.3 is 9.72 Å². The third kappa shape index (κ3) is 2.82. The predicted octanol–water partition coefficient (Wildman–Crippen LogP) is 3.49. The molecule has 1 aromatic carbocycles. The van der Waals surface area contributed by atoms with Crippen molar-refractivity contribution in [2.75, 3.05) is 0 Å². The molecule has 1 N–H and O–H groups in total. The van der Waals surface area contributed by atoms with E-state index < -0.39 is 0 Å². The van der Waals surface area contributed by atoms with Gasteiger partial charge in [0.15, 0.2) is 0 Å². The highest BCUT2D eigenvalue weighted by Crippen LogP contribution is 2.14. The zero-order valence-electron chi connectivity index (χ0n) is 12.3. The molecule has 3 heteroatoms.